The zero-order chi connectivity index (χ0) is 17.4. The van der Waals surface area contributed by atoms with E-state index in [0.717, 1.165) is 6.42 Å². The Labute approximate surface area is 142 Å². The molecule has 2 N–H and O–H groups in total. The summed E-state index contributed by atoms with van der Waals surface area (Å²) in [5.74, 6) is 0.258. The minimum Gasteiger partial charge on any atom is -0.494 e. The number of rotatable bonds is 7. The number of benzene rings is 2. The standard InChI is InChI=1S/C19H22N2O3/c1-3-11-24-17-10-6-8-15(13-17)19(23)21-16-9-5-7-14(12-16)18(22)20-4-2/h5-10,12-13H,3-4,11H2,1-2H3,(H,20,22)(H,21,23). The van der Waals surface area contributed by atoms with Gasteiger partial charge in [-0.1, -0.05) is 19.1 Å². The summed E-state index contributed by atoms with van der Waals surface area (Å²) in [6, 6.07) is 13.9. The van der Waals surface area contributed by atoms with Crippen LogP contribution in [0, 0.1) is 0 Å². The van der Waals surface area contributed by atoms with Crippen LogP contribution in [-0.4, -0.2) is 25.0 Å². The van der Waals surface area contributed by atoms with Crippen molar-refractivity contribution in [2.45, 2.75) is 20.3 Å². The molecular formula is C19H22N2O3. The Bertz CT molecular complexity index is 713. The molecule has 0 aliphatic rings. The molecule has 0 aliphatic heterocycles. The van der Waals surface area contributed by atoms with Crippen molar-refractivity contribution in [2.75, 3.05) is 18.5 Å². The molecule has 2 aromatic carbocycles. The fraction of sp³-hybridized carbons (Fsp3) is 0.263. The molecule has 0 atom stereocenters. The molecule has 0 radical (unpaired) electrons. The molecule has 126 valence electrons. The molecule has 5 nitrogen and oxygen atoms in total. The normalized spacial score (nSPS) is 10.1. The lowest BCUT2D eigenvalue weighted by molar-refractivity contribution is 0.0954. The minimum atomic E-state index is -0.245. The molecule has 5 heteroatoms. The number of hydrogen-bond acceptors (Lipinski definition) is 3. The van der Waals surface area contributed by atoms with Crippen molar-refractivity contribution >= 4 is 17.5 Å². The second kappa shape index (κ2) is 8.72. The van der Waals surface area contributed by atoms with Crippen molar-refractivity contribution in [3.8, 4) is 5.75 Å². The molecule has 0 aliphatic carbocycles. The van der Waals surface area contributed by atoms with E-state index in [1.54, 1.807) is 42.5 Å². The molecule has 0 bridgehead atoms. The van der Waals surface area contributed by atoms with Gasteiger partial charge in [0.2, 0.25) is 0 Å². The van der Waals surface area contributed by atoms with Crippen LogP contribution in [0.1, 0.15) is 41.0 Å². The van der Waals surface area contributed by atoms with Gasteiger partial charge in [0.15, 0.2) is 0 Å². The van der Waals surface area contributed by atoms with Gasteiger partial charge in [0.05, 0.1) is 6.61 Å². The average Bonchev–Trinajstić information content (AvgIpc) is 2.60. The number of anilines is 1. The highest BCUT2D eigenvalue weighted by Crippen LogP contribution is 2.16. The Morgan fingerprint density at radius 1 is 0.958 bits per heavy atom. The maximum atomic E-state index is 12.4. The Morgan fingerprint density at radius 3 is 2.38 bits per heavy atom. The lowest BCUT2D eigenvalue weighted by Crippen LogP contribution is -2.22. The van der Waals surface area contributed by atoms with Crippen LogP contribution >= 0.6 is 0 Å². The van der Waals surface area contributed by atoms with Crippen LogP contribution in [0.25, 0.3) is 0 Å². The van der Waals surface area contributed by atoms with Gasteiger partial charge in [-0.3, -0.25) is 9.59 Å². The SMILES string of the molecule is CCCOc1cccc(C(=O)Nc2cccc(C(=O)NCC)c2)c1. The van der Waals surface area contributed by atoms with E-state index in [9.17, 15) is 9.59 Å². The van der Waals surface area contributed by atoms with Crippen LogP contribution in [0.3, 0.4) is 0 Å². The first-order valence-electron chi connectivity index (χ1n) is 8.06. The topological polar surface area (TPSA) is 67.4 Å². The Morgan fingerprint density at radius 2 is 1.67 bits per heavy atom. The fourth-order valence-corrected chi connectivity index (χ4v) is 2.15. The first-order chi connectivity index (χ1) is 11.6. The van der Waals surface area contributed by atoms with Crippen molar-refractivity contribution in [1.29, 1.82) is 0 Å². The number of ether oxygens (including phenoxy) is 1. The first-order valence-corrected chi connectivity index (χ1v) is 8.06. The molecule has 0 saturated carbocycles. The van der Waals surface area contributed by atoms with Crippen LogP contribution in [0.15, 0.2) is 48.5 Å². The second-order valence-corrected chi connectivity index (χ2v) is 5.27. The van der Waals surface area contributed by atoms with Gasteiger partial charge in [0.25, 0.3) is 11.8 Å². The number of amides is 2. The highest BCUT2D eigenvalue weighted by atomic mass is 16.5. The number of carbonyl (C=O) groups is 2. The zero-order valence-electron chi connectivity index (χ0n) is 14.0. The van der Waals surface area contributed by atoms with E-state index >= 15 is 0 Å². The summed E-state index contributed by atoms with van der Waals surface area (Å²) in [6.45, 7) is 5.05. The largest absolute Gasteiger partial charge is 0.494 e. The number of nitrogens with one attached hydrogen (secondary N) is 2. The quantitative estimate of drug-likeness (QED) is 0.818. The van der Waals surface area contributed by atoms with E-state index in [-0.39, 0.29) is 11.8 Å². The Kier molecular flexibility index (Phi) is 6.37. The predicted octanol–water partition coefficient (Wildman–Crippen LogP) is 3.48. The molecule has 24 heavy (non-hydrogen) atoms. The average molecular weight is 326 g/mol. The van der Waals surface area contributed by atoms with E-state index < -0.39 is 0 Å². The highest BCUT2D eigenvalue weighted by molar-refractivity contribution is 6.05. The molecule has 2 aromatic rings. The van der Waals surface area contributed by atoms with E-state index in [1.807, 2.05) is 19.9 Å². The van der Waals surface area contributed by atoms with Crippen LogP contribution in [0.2, 0.25) is 0 Å². The first kappa shape index (κ1) is 17.5. The van der Waals surface area contributed by atoms with Crippen molar-refractivity contribution < 1.29 is 14.3 Å². The second-order valence-electron chi connectivity index (χ2n) is 5.27. The summed E-state index contributed by atoms with van der Waals surface area (Å²) < 4.78 is 5.54. The monoisotopic (exact) mass is 326 g/mol. The maximum Gasteiger partial charge on any atom is 0.255 e. The third-order valence-corrected chi connectivity index (χ3v) is 3.29. The van der Waals surface area contributed by atoms with Gasteiger partial charge in [0.1, 0.15) is 5.75 Å². The Balaban J connectivity index is 2.09. The van der Waals surface area contributed by atoms with Gasteiger partial charge < -0.3 is 15.4 Å². The van der Waals surface area contributed by atoms with Gasteiger partial charge in [-0.15, -0.1) is 0 Å². The van der Waals surface area contributed by atoms with Gasteiger partial charge in [0, 0.05) is 23.4 Å². The molecule has 0 spiro atoms. The van der Waals surface area contributed by atoms with E-state index in [2.05, 4.69) is 10.6 Å². The zero-order valence-corrected chi connectivity index (χ0v) is 14.0. The van der Waals surface area contributed by atoms with Crippen LogP contribution in [0.5, 0.6) is 5.75 Å². The maximum absolute atomic E-state index is 12.4. The molecule has 2 amide bonds. The van der Waals surface area contributed by atoms with Crippen molar-refractivity contribution in [1.82, 2.24) is 5.32 Å². The summed E-state index contributed by atoms with van der Waals surface area (Å²) in [7, 11) is 0. The van der Waals surface area contributed by atoms with Gasteiger partial charge in [-0.2, -0.15) is 0 Å². The molecule has 0 saturated heterocycles. The summed E-state index contributed by atoms with van der Waals surface area (Å²) in [5, 5.41) is 5.54. The summed E-state index contributed by atoms with van der Waals surface area (Å²) in [5.41, 5.74) is 1.59. The van der Waals surface area contributed by atoms with E-state index in [1.165, 1.54) is 0 Å². The van der Waals surface area contributed by atoms with E-state index in [0.29, 0.717) is 35.7 Å². The molecule has 0 aromatic heterocycles. The smallest absolute Gasteiger partial charge is 0.255 e. The number of carbonyl (C=O) groups excluding carboxylic acids is 2. The van der Waals surface area contributed by atoms with E-state index in [4.69, 9.17) is 4.74 Å². The van der Waals surface area contributed by atoms with Crippen LogP contribution < -0.4 is 15.4 Å². The lowest BCUT2D eigenvalue weighted by Gasteiger charge is -2.09. The lowest BCUT2D eigenvalue weighted by atomic mass is 10.1. The van der Waals surface area contributed by atoms with Gasteiger partial charge in [-0.05, 0) is 49.7 Å². The summed E-state index contributed by atoms with van der Waals surface area (Å²) in [4.78, 5) is 24.2. The summed E-state index contributed by atoms with van der Waals surface area (Å²) in [6.07, 6.45) is 0.906. The molecule has 0 unspecified atom stereocenters. The van der Waals surface area contributed by atoms with Gasteiger partial charge >= 0.3 is 0 Å². The Hall–Kier alpha value is -2.82. The minimum absolute atomic E-state index is 0.163. The van der Waals surface area contributed by atoms with Crippen LogP contribution in [0.4, 0.5) is 5.69 Å². The van der Waals surface area contributed by atoms with Crippen molar-refractivity contribution in [3.63, 3.8) is 0 Å². The fourth-order valence-electron chi connectivity index (χ4n) is 2.15. The third kappa shape index (κ3) is 4.84. The number of hydrogen-bond donors (Lipinski definition) is 2. The molecule has 2 rings (SSSR count). The van der Waals surface area contributed by atoms with Crippen LogP contribution in [-0.2, 0) is 0 Å². The summed E-state index contributed by atoms with van der Waals surface area (Å²) >= 11 is 0. The van der Waals surface area contributed by atoms with Crippen molar-refractivity contribution in [2.24, 2.45) is 0 Å². The van der Waals surface area contributed by atoms with Crippen molar-refractivity contribution in [3.05, 3.63) is 59.7 Å². The predicted molar refractivity (Wildman–Crippen MR) is 94.6 cm³/mol. The highest BCUT2D eigenvalue weighted by Gasteiger charge is 2.09. The molecule has 0 heterocycles. The van der Waals surface area contributed by atoms with Gasteiger partial charge in [-0.25, -0.2) is 0 Å². The molecule has 0 fully saturated rings. The molecular weight excluding hydrogens is 304 g/mol. The third-order valence-electron chi connectivity index (χ3n) is 3.29.